The van der Waals surface area contributed by atoms with Crippen molar-refractivity contribution in [2.45, 2.75) is 32.4 Å². The van der Waals surface area contributed by atoms with Crippen molar-refractivity contribution in [2.75, 3.05) is 38.7 Å². The van der Waals surface area contributed by atoms with Crippen LogP contribution in [0.5, 0.6) is 0 Å². The summed E-state index contributed by atoms with van der Waals surface area (Å²) in [5.41, 5.74) is 7.74. The zero-order chi connectivity index (χ0) is 20.7. The molecule has 152 valence electrons. The summed E-state index contributed by atoms with van der Waals surface area (Å²) in [5.74, 6) is 6.42. The van der Waals surface area contributed by atoms with Crippen LogP contribution in [0.3, 0.4) is 0 Å². The average Bonchev–Trinajstić information content (AvgIpc) is 2.85. The lowest BCUT2D eigenvalue weighted by Gasteiger charge is -2.21. The van der Waals surface area contributed by atoms with Crippen molar-refractivity contribution < 1.29 is 13.5 Å². The van der Waals surface area contributed by atoms with Crippen LogP contribution in [-0.2, 0) is 11.3 Å². The number of allylic oxidation sites excluding steroid dienone is 1. The summed E-state index contributed by atoms with van der Waals surface area (Å²) in [5, 5.41) is 3.17. The first-order valence-corrected chi connectivity index (χ1v) is 9.13. The molecule has 0 aromatic heterocycles. The maximum absolute atomic E-state index is 12.9. The quantitative estimate of drug-likeness (QED) is 0.599. The number of anilines is 1. The van der Waals surface area contributed by atoms with E-state index in [0.29, 0.717) is 13.2 Å². The van der Waals surface area contributed by atoms with Gasteiger partial charge in [0, 0.05) is 55.8 Å². The Morgan fingerprint density at radius 3 is 2.89 bits per heavy atom. The smallest absolute Gasteiger partial charge is 0.278 e. The molecule has 0 bridgehead atoms. The molecule has 0 spiro atoms. The number of benzene rings is 1. The van der Waals surface area contributed by atoms with Crippen LogP contribution in [0.2, 0.25) is 0 Å². The van der Waals surface area contributed by atoms with Crippen LogP contribution in [0.4, 0.5) is 14.5 Å². The second-order valence-corrected chi connectivity index (χ2v) is 7.17. The van der Waals surface area contributed by atoms with Gasteiger partial charge in [-0.3, -0.25) is 10.3 Å². The third-order valence-corrected chi connectivity index (χ3v) is 4.50. The van der Waals surface area contributed by atoms with Gasteiger partial charge in [0.05, 0.1) is 24.4 Å². The number of fused-ring (bicyclic) bond motifs is 1. The minimum Gasteiger partial charge on any atom is -0.397 e. The van der Waals surface area contributed by atoms with E-state index in [1.54, 1.807) is 0 Å². The lowest BCUT2D eigenvalue weighted by molar-refractivity contribution is 0.132. The van der Waals surface area contributed by atoms with E-state index >= 15 is 0 Å². The van der Waals surface area contributed by atoms with Crippen molar-refractivity contribution >= 4 is 11.9 Å². The predicted molar refractivity (Wildman–Crippen MR) is 110 cm³/mol. The van der Waals surface area contributed by atoms with E-state index in [1.165, 1.54) is 13.3 Å². The highest BCUT2D eigenvalue weighted by molar-refractivity contribution is 5.80. The number of alkyl halides is 2. The van der Waals surface area contributed by atoms with E-state index in [2.05, 4.69) is 33.1 Å². The maximum Gasteiger partial charge on any atom is 0.278 e. The molecular formula is C21H28F2N4O. The molecule has 28 heavy (non-hydrogen) atoms. The van der Waals surface area contributed by atoms with E-state index in [9.17, 15) is 8.78 Å². The second kappa shape index (κ2) is 9.67. The van der Waals surface area contributed by atoms with E-state index < -0.39 is 17.7 Å². The zero-order valence-electron chi connectivity index (χ0n) is 16.9. The van der Waals surface area contributed by atoms with Crippen LogP contribution in [0.25, 0.3) is 0 Å². The van der Waals surface area contributed by atoms with Crippen LogP contribution >= 0.6 is 0 Å². The monoisotopic (exact) mass is 390 g/mol. The van der Waals surface area contributed by atoms with Gasteiger partial charge in [-0.2, -0.15) is 0 Å². The molecule has 1 heterocycles. The fourth-order valence-corrected chi connectivity index (χ4v) is 2.80. The molecule has 7 heteroatoms. The number of aliphatic imine (C=N–C) groups is 1. The molecule has 3 N–H and O–H groups in total. The fourth-order valence-electron chi connectivity index (χ4n) is 2.80. The summed E-state index contributed by atoms with van der Waals surface area (Å²) < 4.78 is 31.5. The van der Waals surface area contributed by atoms with Gasteiger partial charge in [-0.1, -0.05) is 17.9 Å². The van der Waals surface area contributed by atoms with E-state index in [0.717, 1.165) is 23.4 Å². The molecule has 1 aromatic rings. The Hall–Kier alpha value is -2.43. The standard InChI is InChI=1S/C21H28F2N4O/c1-21(2,26-13-16(12-25-3)19(24)20(22)23)9-8-15-6-5-7-18-17(15)14-28-11-10-27(18)4/h5-7,12,20,26H,10-11,13-14,24H2,1-4H3/b19-16+,25-12?. The number of rotatable bonds is 5. The third-order valence-electron chi connectivity index (χ3n) is 4.50. The van der Waals surface area contributed by atoms with Gasteiger partial charge >= 0.3 is 0 Å². The summed E-state index contributed by atoms with van der Waals surface area (Å²) >= 11 is 0. The van der Waals surface area contributed by atoms with Gasteiger partial charge in [0.25, 0.3) is 6.43 Å². The Labute approximate surface area is 165 Å². The summed E-state index contributed by atoms with van der Waals surface area (Å²) in [6.45, 7) is 5.95. The first kappa shape index (κ1) is 21.9. The third kappa shape index (κ3) is 5.78. The highest BCUT2D eigenvalue weighted by atomic mass is 19.3. The molecule has 0 radical (unpaired) electrons. The van der Waals surface area contributed by atoms with E-state index in [1.807, 2.05) is 33.0 Å². The number of nitrogens with two attached hydrogens (primary N) is 1. The van der Waals surface area contributed by atoms with Crippen molar-refractivity contribution in [2.24, 2.45) is 10.7 Å². The highest BCUT2D eigenvalue weighted by Gasteiger charge is 2.18. The van der Waals surface area contributed by atoms with Gasteiger partial charge in [0.1, 0.15) is 0 Å². The van der Waals surface area contributed by atoms with Gasteiger partial charge in [0.15, 0.2) is 0 Å². The summed E-state index contributed by atoms with van der Waals surface area (Å²) in [6, 6.07) is 6.01. The molecule has 0 amide bonds. The molecule has 0 unspecified atom stereocenters. The Morgan fingerprint density at radius 2 is 2.21 bits per heavy atom. The van der Waals surface area contributed by atoms with Gasteiger partial charge in [0.2, 0.25) is 0 Å². The van der Waals surface area contributed by atoms with Gasteiger partial charge in [-0.05, 0) is 26.0 Å². The topological polar surface area (TPSA) is 62.9 Å². The largest absolute Gasteiger partial charge is 0.397 e. The fraction of sp³-hybridized carbons (Fsp3) is 0.476. The normalized spacial score (nSPS) is 15.8. The second-order valence-electron chi connectivity index (χ2n) is 7.17. The Bertz CT molecular complexity index is 806. The summed E-state index contributed by atoms with van der Waals surface area (Å²) in [6.07, 6.45) is -1.37. The Balaban J connectivity index is 2.21. The molecule has 1 aliphatic heterocycles. The number of hydrogen-bond acceptors (Lipinski definition) is 5. The maximum atomic E-state index is 12.9. The minimum atomic E-state index is -2.72. The van der Waals surface area contributed by atoms with Crippen LogP contribution in [0.1, 0.15) is 25.0 Å². The molecule has 1 aromatic carbocycles. The van der Waals surface area contributed by atoms with E-state index in [4.69, 9.17) is 10.5 Å². The predicted octanol–water partition coefficient (Wildman–Crippen LogP) is 2.55. The zero-order valence-corrected chi connectivity index (χ0v) is 16.9. The first-order chi connectivity index (χ1) is 13.2. The molecular weight excluding hydrogens is 362 g/mol. The Kier molecular flexibility index (Phi) is 7.55. The Morgan fingerprint density at radius 1 is 1.46 bits per heavy atom. The molecule has 0 aliphatic carbocycles. The van der Waals surface area contributed by atoms with Gasteiger partial charge in [-0.25, -0.2) is 8.78 Å². The molecule has 0 saturated heterocycles. The number of halogens is 2. The number of nitrogens with one attached hydrogen (secondary N) is 1. The van der Waals surface area contributed by atoms with Crippen molar-refractivity contribution in [3.63, 3.8) is 0 Å². The van der Waals surface area contributed by atoms with Crippen LogP contribution in [0, 0.1) is 11.8 Å². The van der Waals surface area contributed by atoms with Crippen LogP contribution in [-0.4, -0.2) is 52.0 Å². The molecule has 0 atom stereocenters. The van der Waals surface area contributed by atoms with Crippen molar-refractivity contribution in [3.05, 3.63) is 40.6 Å². The van der Waals surface area contributed by atoms with E-state index in [-0.39, 0.29) is 12.1 Å². The lowest BCUT2D eigenvalue weighted by Crippen LogP contribution is -2.40. The number of hydrogen-bond donors (Lipinski definition) is 2. The van der Waals surface area contributed by atoms with Gasteiger partial charge in [-0.15, -0.1) is 0 Å². The molecule has 5 nitrogen and oxygen atoms in total. The van der Waals surface area contributed by atoms with Crippen molar-refractivity contribution in [3.8, 4) is 11.8 Å². The molecule has 1 aliphatic rings. The molecule has 0 fully saturated rings. The molecule has 2 rings (SSSR count). The summed E-state index contributed by atoms with van der Waals surface area (Å²) in [7, 11) is 3.55. The lowest BCUT2D eigenvalue weighted by atomic mass is 10.0. The molecule has 0 saturated carbocycles. The van der Waals surface area contributed by atoms with Crippen LogP contribution < -0.4 is 16.0 Å². The minimum absolute atomic E-state index is 0.147. The number of likely N-dealkylation sites (N-methyl/N-ethyl adjacent to an activating group) is 1. The van der Waals surface area contributed by atoms with Crippen LogP contribution in [0.15, 0.2) is 34.5 Å². The SMILES string of the molecule is CN=C/C(CNC(C)(C)C#Cc1cccc2c1COCCN2C)=C(\N)C(F)F. The van der Waals surface area contributed by atoms with Gasteiger partial charge < -0.3 is 15.4 Å². The van der Waals surface area contributed by atoms with Crippen molar-refractivity contribution in [1.82, 2.24) is 5.32 Å². The number of nitrogens with zero attached hydrogens (tertiary/aromatic N) is 2. The van der Waals surface area contributed by atoms with Crippen molar-refractivity contribution in [1.29, 1.82) is 0 Å². The summed E-state index contributed by atoms with van der Waals surface area (Å²) in [4.78, 5) is 5.97. The average molecular weight is 390 g/mol. The first-order valence-electron chi connectivity index (χ1n) is 9.13. The number of ether oxygens (including phenoxy) is 1. The highest BCUT2D eigenvalue weighted by Crippen LogP contribution is 2.25.